The molecule has 3 rings (SSSR count). The van der Waals surface area contributed by atoms with Gasteiger partial charge in [0.15, 0.2) is 0 Å². The molecule has 1 aliphatic carbocycles. The van der Waals surface area contributed by atoms with Gasteiger partial charge in [0.25, 0.3) is 0 Å². The second-order valence-electron chi connectivity index (χ2n) is 5.63. The number of hydrogen-bond acceptors (Lipinski definition) is 1. The summed E-state index contributed by atoms with van der Waals surface area (Å²) in [6, 6.07) is 14.8. The van der Waals surface area contributed by atoms with Crippen molar-refractivity contribution in [2.45, 2.75) is 31.8 Å². The Labute approximate surface area is 119 Å². The summed E-state index contributed by atoms with van der Waals surface area (Å²) in [5.41, 5.74) is 3.27. The Morgan fingerprint density at radius 2 is 1.95 bits per heavy atom. The summed E-state index contributed by atoms with van der Waals surface area (Å²) in [7, 11) is 0. The summed E-state index contributed by atoms with van der Waals surface area (Å²) in [6.07, 6.45) is 3.36. The van der Waals surface area contributed by atoms with Crippen molar-refractivity contribution in [1.82, 2.24) is 0 Å². The van der Waals surface area contributed by atoms with Crippen molar-refractivity contribution in [2.75, 3.05) is 0 Å². The summed E-state index contributed by atoms with van der Waals surface area (Å²) < 4.78 is 13.3. The first-order valence-corrected chi connectivity index (χ1v) is 7.24. The SMILES string of the molecule is OC1c2ccccc2CCCC1Cc1cccc(F)c1. The molecule has 2 heteroatoms. The fraction of sp³-hybridized carbons (Fsp3) is 0.333. The van der Waals surface area contributed by atoms with Gasteiger partial charge in [-0.15, -0.1) is 0 Å². The van der Waals surface area contributed by atoms with Crippen molar-refractivity contribution >= 4 is 0 Å². The minimum absolute atomic E-state index is 0.167. The summed E-state index contributed by atoms with van der Waals surface area (Å²) >= 11 is 0. The van der Waals surface area contributed by atoms with Gasteiger partial charge in [-0.2, -0.15) is 0 Å². The van der Waals surface area contributed by atoms with Crippen LogP contribution in [0.3, 0.4) is 0 Å². The van der Waals surface area contributed by atoms with Crippen molar-refractivity contribution in [3.63, 3.8) is 0 Å². The molecule has 0 amide bonds. The van der Waals surface area contributed by atoms with Crippen LogP contribution in [0, 0.1) is 11.7 Å². The maximum atomic E-state index is 13.3. The fourth-order valence-electron chi connectivity index (χ4n) is 3.20. The molecule has 1 N–H and O–H groups in total. The molecule has 0 aliphatic heterocycles. The number of aliphatic hydroxyl groups is 1. The van der Waals surface area contributed by atoms with Crippen molar-refractivity contribution in [2.24, 2.45) is 5.92 Å². The molecule has 0 aromatic heterocycles. The lowest BCUT2D eigenvalue weighted by molar-refractivity contribution is 0.105. The van der Waals surface area contributed by atoms with Crippen molar-refractivity contribution in [1.29, 1.82) is 0 Å². The molecule has 2 unspecified atom stereocenters. The van der Waals surface area contributed by atoms with E-state index in [1.54, 1.807) is 12.1 Å². The highest BCUT2D eigenvalue weighted by molar-refractivity contribution is 5.31. The summed E-state index contributed by atoms with van der Waals surface area (Å²) in [6.45, 7) is 0. The highest BCUT2D eigenvalue weighted by atomic mass is 19.1. The third-order valence-electron chi connectivity index (χ3n) is 4.23. The van der Waals surface area contributed by atoms with Gasteiger partial charge in [0.2, 0.25) is 0 Å². The Bertz CT molecular complexity index is 593. The average Bonchev–Trinajstić information content (AvgIpc) is 2.60. The average molecular weight is 270 g/mol. The Kier molecular flexibility index (Phi) is 3.83. The van der Waals surface area contributed by atoms with Crippen molar-refractivity contribution < 1.29 is 9.50 Å². The highest BCUT2D eigenvalue weighted by Crippen LogP contribution is 2.35. The van der Waals surface area contributed by atoms with Crippen LogP contribution in [0.25, 0.3) is 0 Å². The molecule has 0 radical (unpaired) electrons. The molecule has 0 heterocycles. The predicted molar refractivity (Wildman–Crippen MR) is 77.9 cm³/mol. The fourth-order valence-corrected chi connectivity index (χ4v) is 3.20. The number of halogens is 1. The Balaban J connectivity index is 1.84. The Morgan fingerprint density at radius 3 is 2.80 bits per heavy atom. The molecule has 0 saturated carbocycles. The maximum Gasteiger partial charge on any atom is 0.123 e. The van der Waals surface area contributed by atoms with Crippen LogP contribution < -0.4 is 0 Å². The lowest BCUT2D eigenvalue weighted by Gasteiger charge is -2.22. The minimum atomic E-state index is -0.447. The molecule has 1 aliphatic rings. The van der Waals surface area contributed by atoms with E-state index in [-0.39, 0.29) is 11.7 Å². The number of fused-ring (bicyclic) bond motifs is 1. The molecular formula is C18H19FO. The third kappa shape index (κ3) is 2.75. The molecule has 0 fully saturated rings. The Morgan fingerprint density at radius 1 is 1.10 bits per heavy atom. The van der Waals surface area contributed by atoms with E-state index in [0.29, 0.717) is 0 Å². The van der Waals surface area contributed by atoms with Crippen LogP contribution in [-0.4, -0.2) is 5.11 Å². The second-order valence-corrected chi connectivity index (χ2v) is 5.63. The molecule has 2 atom stereocenters. The first kappa shape index (κ1) is 13.3. The largest absolute Gasteiger partial charge is 0.388 e. The smallest absolute Gasteiger partial charge is 0.123 e. The van der Waals surface area contributed by atoms with E-state index in [4.69, 9.17) is 0 Å². The predicted octanol–water partition coefficient (Wildman–Crippen LogP) is 4.05. The van der Waals surface area contributed by atoms with E-state index in [0.717, 1.165) is 36.8 Å². The molecule has 1 nitrogen and oxygen atoms in total. The molecule has 104 valence electrons. The lowest BCUT2D eigenvalue weighted by Crippen LogP contribution is -2.14. The van der Waals surface area contributed by atoms with Gasteiger partial charge in [0, 0.05) is 0 Å². The normalized spacial score (nSPS) is 22.1. The first-order chi connectivity index (χ1) is 9.74. The van der Waals surface area contributed by atoms with E-state index in [2.05, 4.69) is 6.07 Å². The lowest BCUT2D eigenvalue weighted by atomic mass is 9.88. The van der Waals surface area contributed by atoms with E-state index in [9.17, 15) is 9.50 Å². The zero-order valence-corrected chi connectivity index (χ0v) is 11.4. The maximum absolute atomic E-state index is 13.3. The van der Waals surface area contributed by atoms with Gasteiger partial charge in [-0.05, 0) is 60.4 Å². The third-order valence-corrected chi connectivity index (χ3v) is 4.23. The van der Waals surface area contributed by atoms with Gasteiger partial charge in [0.1, 0.15) is 5.82 Å². The summed E-state index contributed by atoms with van der Waals surface area (Å²) in [5, 5.41) is 10.6. The van der Waals surface area contributed by atoms with Crippen LogP contribution in [0.15, 0.2) is 48.5 Å². The quantitative estimate of drug-likeness (QED) is 0.816. The molecule has 0 saturated heterocycles. The van der Waals surface area contributed by atoms with Gasteiger partial charge in [-0.3, -0.25) is 0 Å². The van der Waals surface area contributed by atoms with E-state index in [1.807, 2.05) is 24.3 Å². The van der Waals surface area contributed by atoms with E-state index < -0.39 is 6.10 Å². The molecule has 0 bridgehead atoms. The molecule has 2 aromatic carbocycles. The molecule has 20 heavy (non-hydrogen) atoms. The van der Waals surface area contributed by atoms with Gasteiger partial charge >= 0.3 is 0 Å². The van der Waals surface area contributed by atoms with E-state index >= 15 is 0 Å². The number of rotatable bonds is 2. The first-order valence-electron chi connectivity index (χ1n) is 7.24. The molecule has 2 aromatic rings. The van der Waals surface area contributed by atoms with Gasteiger partial charge in [-0.1, -0.05) is 36.4 Å². The number of aryl methyl sites for hydroxylation is 1. The number of hydrogen-bond donors (Lipinski definition) is 1. The van der Waals surface area contributed by atoms with Crippen molar-refractivity contribution in [3.8, 4) is 0 Å². The standard InChI is InChI=1S/C18H19FO/c19-16-9-3-5-13(12-16)11-15-8-4-7-14-6-1-2-10-17(14)18(15)20/h1-3,5-6,9-10,12,15,18,20H,4,7-8,11H2. The van der Waals surface area contributed by atoms with Crippen LogP contribution in [-0.2, 0) is 12.8 Å². The highest BCUT2D eigenvalue weighted by Gasteiger charge is 2.25. The van der Waals surface area contributed by atoms with Crippen LogP contribution in [0.2, 0.25) is 0 Å². The zero-order valence-electron chi connectivity index (χ0n) is 11.4. The van der Waals surface area contributed by atoms with Crippen LogP contribution >= 0.6 is 0 Å². The summed E-state index contributed by atoms with van der Waals surface area (Å²) in [4.78, 5) is 0. The Hall–Kier alpha value is -1.67. The van der Waals surface area contributed by atoms with Gasteiger partial charge in [-0.25, -0.2) is 4.39 Å². The molecular weight excluding hydrogens is 251 g/mol. The topological polar surface area (TPSA) is 20.2 Å². The van der Waals surface area contributed by atoms with E-state index in [1.165, 1.54) is 11.6 Å². The monoisotopic (exact) mass is 270 g/mol. The number of aliphatic hydroxyl groups excluding tert-OH is 1. The van der Waals surface area contributed by atoms with Crippen molar-refractivity contribution in [3.05, 3.63) is 71.0 Å². The van der Waals surface area contributed by atoms with Crippen LogP contribution in [0.4, 0.5) is 4.39 Å². The van der Waals surface area contributed by atoms with Crippen LogP contribution in [0.5, 0.6) is 0 Å². The molecule has 0 spiro atoms. The second kappa shape index (κ2) is 5.76. The van der Waals surface area contributed by atoms with Crippen LogP contribution in [0.1, 0.15) is 35.6 Å². The number of benzene rings is 2. The summed E-state index contributed by atoms with van der Waals surface area (Å²) in [5.74, 6) is -0.0357. The van der Waals surface area contributed by atoms with Gasteiger partial charge < -0.3 is 5.11 Å². The minimum Gasteiger partial charge on any atom is -0.388 e. The zero-order chi connectivity index (χ0) is 13.9. The van der Waals surface area contributed by atoms with Gasteiger partial charge in [0.05, 0.1) is 6.10 Å².